The number of ether oxygens (including phenoxy) is 2. The molecular formula is C29H33N3O5. The molecule has 8 nitrogen and oxygen atoms in total. The van der Waals surface area contributed by atoms with Crippen LogP contribution >= 0.6 is 0 Å². The van der Waals surface area contributed by atoms with E-state index in [2.05, 4.69) is 4.57 Å². The predicted molar refractivity (Wildman–Crippen MR) is 141 cm³/mol. The molecule has 1 aliphatic heterocycles. The zero-order valence-electron chi connectivity index (χ0n) is 21.6. The largest absolute Gasteiger partial charge is 0.497 e. The molecule has 37 heavy (non-hydrogen) atoms. The first-order valence-electron chi connectivity index (χ1n) is 12.6. The van der Waals surface area contributed by atoms with Crippen LogP contribution < -0.4 is 4.74 Å². The van der Waals surface area contributed by atoms with Crippen LogP contribution in [0.5, 0.6) is 5.75 Å². The Bertz CT molecular complexity index is 1260. The molecule has 194 valence electrons. The molecule has 4 rings (SSSR count). The van der Waals surface area contributed by atoms with Crippen molar-refractivity contribution >= 4 is 17.8 Å². The lowest BCUT2D eigenvalue weighted by molar-refractivity contribution is -0.146. The lowest BCUT2D eigenvalue weighted by Gasteiger charge is -2.34. The minimum Gasteiger partial charge on any atom is -0.497 e. The molecular weight excluding hydrogens is 470 g/mol. The van der Waals surface area contributed by atoms with Gasteiger partial charge in [-0.25, -0.2) is 0 Å². The maximum absolute atomic E-state index is 13.7. The van der Waals surface area contributed by atoms with E-state index in [9.17, 15) is 14.4 Å². The normalized spacial score (nSPS) is 13.4. The quantitative estimate of drug-likeness (QED) is 0.433. The summed E-state index contributed by atoms with van der Waals surface area (Å²) < 4.78 is 12.4. The van der Waals surface area contributed by atoms with Crippen LogP contribution in [0.2, 0.25) is 0 Å². The van der Waals surface area contributed by atoms with E-state index in [1.54, 1.807) is 23.8 Å². The molecule has 1 aromatic heterocycles. The smallest absolute Gasteiger partial charge is 0.306 e. The second kappa shape index (κ2) is 11.8. The number of amides is 2. The molecule has 8 heteroatoms. The summed E-state index contributed by atoms with van der Waals surface area (Å²) in [5, 5.41) is 0. The van der Waals surface area contributed by atoms with E-state index in [0.717, 1.165) is 28.4 Å². The number of rotatable bonds is 8. The van der Waals surface area contributed by atoms with Gasteiger partial charge in [-0.2, -0.15) is 0 Å². The summed E-state index contributed by atoms with van der Waals surface area (Å²) in [5.74, 6) is 0.220. The molecule has 0 saturated carbocycles. The third-order valence-electron chi connectivity index (χ3n) is 6.63. The Morgan fingerprint density at radius 2 is 1.57 bits per heavy atom. The summed E-state index contributed by atoms with van der Waals surface area (Å²) in [6.45, 7) is 5.75. The summed E-state index contributed by atoms with van der Waals surface area (Å²) in [6, 6.07) is 19.7. The van der Waals surface area contributed by atoms with E-state index < -0.39 is 0 Å². The van der Waals surface area contributed by atoms with Gasteiger partial charge in [-0.15, -0.1) is 0 Å². The highest BCUT2D eigenvalue weighted by atomic mass is 16.5. The topological polar surface area (TPSA) is 81.1 Å². The first kappa shape index (κ1) is 26.0. The molecule has 1 aliphatic rings. The van der Waals surface area contributed by atoms with Crippen molar-refractivity contribution in [2.24, 2.45) is 0 Å². The molecule has 0 N–H and O–H groups in total. The van der Waals surface area contributed by atoms with Crippen molar-refractivity contribution in [1.82, 2.24) is 14.4 Å². The number of benzene rings is 2. The van der Waals surface area contributed by atoms with Crippen molar-refractivity contribution in [3.63, 3.8) is 0 Å². The molecule has 2 heterocycles. The average Bonchev–Trinajstić information content (AvgIpc) is 3.29. The van der Waals surface area contributed by atoms with Crippen molar-refractivity contribution in [2.75, 3.05) is 39.9 Å². The second-order valence-corrected chi connectivity index (χ2v) is 8.91. The van der Waals surface area contributed by atoms with Gasteiger partial charge in [0.05, 0.1) is 31.4 Å². The Kier molecular flexibility index (Phi) is 8.28. The molecule has 0 aliphatic carbocycles. The second-order valence-electron chi connectivity index (χ2n) is 8.91. The lowest BCUT2D eigenvalue weighted by Crippen LogP contribution is -2.50. The van der Waals surface area contributed by atoms with Crippen molar-refractivity contribution in [2.45, 2.75) is 26.7 Å². The van der Waals surface area contributed by atoms with Gasteiger partial charge in [0.2, 0.25) is 5.91 Å². The maximum Gasteiger partial charge on any atom is 0.306 e. The van der Waals surface area contributed by atoms with E-state index in [0.29, 0.717) is 38.3 Å². The number of hydrogen-bond donors (Lipinski definition) is 0. The molecule has 0 spiro atoms. The van der Waals surface area contributed by atoms with E-state index in [-0.39, 0.29) is 30.6 Å². The van der Waals surface area contributed by atoms with Crippen LogP contribution in [0.25, 0.3) is 16.9 Å². The van der Waals surface area contributed by atoms with Gasteiger partial charge in [0.25, 0.3) is 5.91 Å². The minimum atomic E-state index is -0.366. The van der Waals surface area contributed by atoms with E-state index in [4.69, 9.17) is 9.47 Å². The standard InChI is InChI=1S/C29H33N3O5/c1-4-37-28(34)14-13-27(33)30-15-17-31(18-16-30)29(35)25-20-26(22-9-6-5-7-10-22)32(21(25)2)23-11-8-12-24(19-23)36-3/h5-12,19-20H,4,13-18H2,1-3H3. The number of piperazine rings is 1. The first-order valence-corrected chi connectivity index (χ1v) is 12.6. The molecule has 0 radical (unpaired) electrons. The molecule has 2 amide bonds. The van der Waals surface area contributed by atoms with Gasteiger partial charge in [0.1, 0.15) is 5.75 Å². The summed E-state index contributed by atoms with van der Waals surface area (Å²) >= 11 is 0. The van der Waals surface area contributed by atoms with Crippen LogP contribution in [-0.4, -0.2) is 72.0 Å². The van der Waals surface area contributed by atoms with Gasteiger partial charge in [0, 0.05) is 50.0 Å². The first-order chi connectivity index (χ1) is 17.9. The fourth-order valence-electron chi connectivity index (χ4n) is 4.66. The third-order valence-corrected chi connectivity index (χ3v) is 6.63. The fourth-order valence-corrected chi connectivity index (χ4v) is 4.66. The number of methoxy groups -OCH3 is 1. The van der Waals surface area contributed by atoms with Gasteiger partial charge < -0.3 is 23.8 Å². The molecule has 0 unspecified atom stereocenters. The SMILES string of the molecule is CCOC(=O)CCC(=O)N1CCN(C(=O)c2cc(-c3ccccc3)n(-c3cccc(OC)c3)c2C)CC1. The van der Waals surface area contributed by atoms with Gasteiger partial charge in [0.15, 0.2) is 0 Å². The van der Waals surface area contributed by atoms with Gasteiger partial charge in [-0.1, -0.05) is 36.4 Å². The predicted octanol–water partition coefficient (Wildman–Crippen LogP) is 4.09. The Morgan fingerprint density at radius 3 is 2.24 bits per heavy atom. The fraction of sp³-hybridized carbons (Fsp3) is 0.345. The summed E-state index contributed by atoms with van der Waals surface area (Å²) in [4.78, 5) is 41.3. The Labute approximate surface area is 217 Å². The number of carbonyl (C=O) groups is 3. The third kappa shape index (κ3) is 5.85. The van der Waals surface area contributed by atoms with E-state index >= 15 is 0 Å². The number of nitrogens with zero attached hydrogens (tertiary/aromatic N) is 3. The number of carbonyl (C=O) groups excluding carboxylic acids is 3. The maximum atomic E-state index is 13.7. The highest BCUT2D eigenvalue weighted by Crippen LogP contribution is 2.31. The molecule has 0 atom stereocenters. The zero-order valence-corrected chi connectivity index (χ0v) is 21.6. The summed E-state index contributed by atoms with van der Waals surface area (Å²) in [6.07, 6.45) is 0.195. The molecule has 1 saturated heterocycles. The van der Waals surface area contributed by atoms with Crippen LogP contribution in [0.4, 0.5) is 0 Å². The van der Waals surface area contributed by atoms with Crippen LogP contribution in [0.15, 0.2) is 60.7 Å². The lowest BCUT2D eigenvalue weighted by atomic mass is 10.1. The van der Waals surface area contributed by atoms with E-state index in [1.807, 2.05) is 67.6 Å². The van der Waals surface area contributed by atoms with Crippen molar-refractivity contribution in [3.05, 3.63) is 71.9 Å². The highest BCUT2D eigenvalue weighted by molar-refractivity contribution is 5.97. The molecule has 3 aromatic rings. The summed E-state index contributed by atoms with van der Waals surface area (Å²) in [7, 11) is 1.63. The highest BCUT2D eigenvalue weighted by Gasteiger charge is 2.28. The number of hydrogen-bond acceptors (Lipinski definition) is 5. The Balaban J connectivity index is 1.54. The van der Waals surface area contributed by atoms with Crippen LogP contribution in [0, 0.1) is 6.92 Å². The average molecular weight is 504 g/mol. The minimum absolute atomic E-state index is 0.0602. The van der Waals surface area contributed by atoms with Gasteiger partial charge in [-0.05, 0) is 37.6 Å². The van der Waals surface area contributed by atoms with Crippen molar-refractivity contribution in [1.29, 1.82) is 0 Å². The van der Waals surface area contributed by atoms with Gasteiger partial charge >= 0.3 is 5.97 Å². The van der Waals surface area contributed by atoms with Crippen LogP contribution in [0.3, 0.4) is 0 Å². The van der Waals surface area contributed by atoms with Crippen molar-refractivity contribution in [3.8, 4) is 22.7 Å². The van der Waals surface area contributed by atoms with E-state index in [1.165, 1.54) is 0 Å². The molecule has 1 fully saturated rings. The zero-order chi connectivity index (χ0) is 26.4. The van der Waals surface area contributed by atoms with Gasteiger partial charge in [-0.3, -0.25) is 14.4 Å². The molecule has 0 bridgehead atoms. The summed E-state index contributed by atoms with van der Waals surface area (Å²) in [5.41, 5.74) is 4.30. The molecule has 2 aromatic carbocycles. The number of aromatic nitrogens is 1. The van der Waals surface area contributed by atoms with Crippen LogP contribution in [-0.2, 0) is 14.3 Å². The monoisotopic (exact) mass is 503 g/mol. The van der Waals surface area contributed by atoms with Crippen molar-refractivity contribution < 1.29 is 23.9 Å². The Morgan fingerprint density at radius 1 is 0.865 bits per heavy atom. The Hall–Kier alpha value is -4.07. The number of esters is 1. The van der Waals surface area contributed by atoms with Crippen LogP contribution in [0.1, 0.15) is 35.8 Å².